The molecule has 0 radical (unpaired) electrons. The van der Waals surface area contributed by atoms with E-state index < -0.39 is 0 Å². The zero-order chi connectivity index (χ0) is 13.8. The Morgan fingerprint density at radius 1 is 1.25 bits per heavy atom. The molecule has 0 amide bonds. The molecular weight excluding hydrogens is 250 g/mol. The number of aromatic nitrogens is 3. The minimum absolute atomic E-state index is 0.601. The highest BCUT2D eigenvalue weighted by Crippen LogP contribution is 2.28. The zero-order valence-electron chi connectivity index (χ0n) is 11.9. The van der Waals surface area contributed by atoms with Crippen LogP contribution in [-0.4, -0.2) is 33.7 Å². The van der Waals surface area contributed by atoms with Crippen LogP contribution in [0.1, 0.15) is 38.5 Å². The molecule has 1 saturated carbocycles. The number of anilines is 1. The van der Waals surface area contributed by atoms with Gasteiger partial charge in [-0.2, -0.15) is 5.10 Å². The van der Waals surface area contributed by atoms with Gasteiger partial charge in [0.05, 0.1) is 6.20 Å². The smallest absolute Gasteiger partial charge is 0.154 e. The van der Waals surface area contributed by atoms with Gasteiger partial charge in [-0.05, 0) is 31.9 Å². The fraction of sp³-hybridized carbons (Fsp3) is 0.600. The minimum Gasteiger partial charge on any atom is -0.352 e. The molecule has 1 aliphatic carbocycles. The Morgan fingerprint density at radius 3 is 2.90 bits per heavy atom. The predicted molar refractivity (Wildman–Crippen MR) is 80.9 cm³/mol. The van der Waals surface area contributed by atoms with E-state index in [1.165, 1.54) is 32.1 Å². The second-order valence-electron chi connectivity index (χ2n) is 5.54. The first kappa shape index (κ1) is 13.4. The molecule has 108 valence electrons. The number of hydrogen-bond acceptors (Lipinski definition) is 4. The topological polar surface area (TPSA) is 59.5 Å². The van der Waals surface area contributed by atoms with Gasteiger partial charge in [0.2, 0.25) is 0 Å². The van der Waals surface area contributed by atoms with Crippen molar-refractivity contribution >= 4 is 11.3 Å². The van der Waals surface area contributed by atoms with Crippen LogP contribution in [0.4, 0.5) is 5.82 Å². The van der Waals surface area contributed by atoms with Crippen LogP contribution in [0.25, 0.3) is 5.52 Å². The molecule has 0 aromatic carbocycles. The molecule has 2 heterocycles. The standard InChI is InChI=1S/C15H23N5/c16-8-4-11-19(13-5-2-1-3-6-13)15-14-7-9-18-20(14)12-10-17-15/h7,9-10,12-13H,1-6,8,11,16H2. The lowest BCUT2D eigenvalue weighted by molar-refractivity contribution is 0.411. The Hall–Kier alpha value is -1.62. The number of nitrogens with two attached hydrogens (primary N) is 1. The van der Waals surface area contributed by atoms with E-state index in [0.717, 1.165) is 30.8 Å². The van der Waals surface area contributed by atoms with Crippen molar-refractivity contribution in [2.24, 2.45) is 5.73 Å². The Bertz CT molecular complexity index is 544. The second-order valence-corrected chi connectivity index (χ2v) is 5.54. The van der Waals surface area contributed by atoms with E-state index in [-0.39, 0.29) is 0 Å². The third-order valence-electron chi connectivity index (χ3n) is 4.19. The highest BCUT2D eigenvalue weighted by atomic mass is 15.3. The van der Waals surface area contributed by atoms with E-state index in [9.17, 15) is 0 Å². The first-order valence-electron chi connectivity index (χ1n) is 7.65. The molecule has 0 saturated heterocycles. The number of fused-ring (bicyclic) bond motifs is 1. The van der Waals surface area contributed by atoms with Gasteiger partial charge in [-0.3, -0.25) is 0 Å². The summed E-state index contributed by atoms with van der Waals surface area (Å²) in [5.41, 5.74) is 6.81. The zero-order valence-corrected chi connectivity index (χ0v) is 11.9. The van der Waals surface area contributed by atoms with Gasteiger partial charge < -0.3 is 10.6 Å². The van der Waals surface area contributed by atoms with E-state index in [1.54, 1.807) is 0 Å². The van der Waals surface area contributed by atoms with Crippen LogP contribution in [0, 0.1) is 0 Å². The van der Waals surface area contributed by atoms with E-state index in [0.29, 0.717) is 6.04 Å². The molecule has 0 unspecified atom stereocenters. The first-order valence-corrected chi connectivity index (χ1v) is 7.65. The lowest BCUT2D eigenvalue weighted by Crippen LogP contribution is -2.39. The summed E-state index contributed by atoms with van der Waals surface area (Å²) in [7, 11) is 0. The van der Waals surface area contributed by atoms with Gasteiger partial charge in [0.15, 0.2) is 5.82 Å². The van der Waals surface area contributed by atoms with Crippen LogP contribution in [0.3, 0.4) is 0 Å². The lowest BCUT2D eigenvalue weighted by Gasteiger charge is -2.35. The molecule has 5 nitrogen and oxygen atoms in total. The summed E-state index contributed by atoms with van der Waals surface area (Å²) in [5.74, 6) is 1.06. The van der Waals surface area contributed by atoms with Crippen molar-refractivity contribution < 1.29 is 0 Å². The molecule has 5 heteroatoms. The van der Waals surface area contributed by atoms with Crippen LogP contribution in [-0.2, 0) is 0 Å². The van der Waals surface area contributed by atoms with Gasteiger partial charge in [-0.25, -0.2) is 9.50 Å². The van der Waals surface area contributed by atoms with Gasteiger partial charge in [0, 0.05) is 25.0 Å². The molecule has 0 spiro atoms. The molecule has 0 aliphatic heterocycles. The Balaban J connectivity index is 1.92. The van der Waals surface area contributed by atoms with Crippen molar-refractivity contribution in [3.8, 4) is 0 Å². The van der Waals surface area contributed by atoms with Gasteiger partial charge >= 0.3 is 0 Å². The van der Waals surface area contributed by atoms with Gasteiger partial charge in [0.1, 0.15) is 5.52 Å². The quantitative estimate of drug-likeness (QED) is 0.907. The third kappa shape index (κ3) is 2.63. The molecule has 3 rings (SSSR count). The lowest BCUT2D eigenvalue weighted by atomic mass is 9.94. The van der Waals surface area contributed by atoms with Gasteiger partial charge in [-0.1, -0.05) is 19.3 Å². The summed E-state index contributed by atoms with van der Waals surface area (Å²) in [6.45, 7) is 1.71. The maximum Gasteiger partial charge on any atom is 0.154 e. The van der Waals surface area contributed by atoms with Crippen molar-refractivity contribution in [2.45, 2.75) is 44.6 Å². The molecule has 1 fully saturated rings. The fourth-order valence-corrected chi connectivity index (χ4v) is 3.18. The monoisotopic (exact) mass is 273 g/mol. The van der Waals surface area contributed by atoms with Crippen LogP contribution in [0.2, 0.25) is 0 Å². The number of hydrogen-bond donors (Lipinski definition) is 1. The minimum atomic E-state index is 0.601. The molecule has 20 heavy (non-hydrogen) atoms. The Morgan fingerprint density at radius 2 is 2.10 bits per heavy atom. The first-order chi connectivity index (χ1) is 9.90. The van der Waals surface area contributed by atoms with Gasteiger partial charge in [0.25, 0.3) is 0 Å². The molecular formula is C15H23N5. The second kappa shape index (κ2) is 6.22. The van der Waals surface area contributed by atoms with Crippen molar-refractivity contribution in [2.75, 3.05) is 18.0 Å². The van der Waals surface area contributed by atoms with Crippen molar-refractivity contribution in [3.05, 3.63) is 24.7 Å². The molecule has 2 aromatic heterocycles. The third-order valence-corrected chi connectivity index (χ3v) is 4.19. The summed E-state index contributed by atoms with van der Waals surface area (Å²) < 4.78 is 1.90. The van der Waals surface area contributed by atoms with Gasteiger partial charge in [-0.15, -0.1) is 0 Å². The summed E-state index contributed by atoms with van der Waals surface area (Å²) in [5, 5.41) is 4.31. The molecule has 0 bridgehead atoms. The van der Waals surface area contributed by atoms with Crippen molar-refractivity contribution in [1.82, 2.24) is 14.6 Å². The molecule has 2 aromatic rings. The van der Waals surface area contributed by atoms with Crippen LogP contribution < -0.4 is 10.6 Å². The van der Waals surface area contributed by atoms with Crippen LogP contribution in [0.15, 0.2) is 24.7 Å². The average Bonchev–Trinajstić information content (AvgIpc) is 2.98. The van der Waals surface area contributed by atoms with Crippen molar-refractivity contribution in [3.63, 3.8) is 0 Å². The average molecular weight is 273 g/mol. The van der Waals surface area contributed by atoms with Crippen LogP contribution >= 0.6 is 0 Å². The molecule has 2 N–H and O–H groups in total. The highest BCUT2D eigenvalue weighted by molar-refractivity contribution is 5.68. The maximum absolute atomic E-state index is 5.71. The summed E-state index contributed by atoms with van der Waals surface area (Å²) in [6, 6.07) is 2.64. The largest absolute Gasteiger partial charge is 0.352 e. The summed E-state index contributed by atoms with van der Waals surface area (Å²) >= 11 is 0. The highest BCUT2D eigenvalue weighted by Gasteiger charge is 2.23. The Kier molecular flexibility index (Phi) is 4.16. The number of rotatable bonds is 5. The fourth-order valence-electron chi connectivity index (χ4n) is 3.18. The SMILES string of the molecule is NCCCN(c1nccn2nccc12)C1CCCCC1. The molecule has 0 atom stereocenters. The summed E-state index contributed by atoms with van der Waals surface area (Å²) in [4.78, 5) is 7.09. The van der Waals surface area contributed by atoms with E-state index in [4.69, 9.17) is 5.73 Å². The van der Waals surface area contributed by atoms with Crippen LogP contribution in [0.5, 0.6) is 0 Å². The normalized spacial score (nSPS) is 16.6. The predicted octanol–water partition coefficient (Wildman–Crippen LogP) is 2.22. The number of nitrogens with zero attached hydrogens (tertiary/aromatic N) is 4. The molecule has 1 aliphatic rings. The summed E-state index contributed by atoms with van der Waals surface area (Å²) in [6.07, 6.45) is 13.1. The van der Waals surface area contributed by atoms with E-state index in [1.807, 2.05) is 29.2 Å². The van der Waals surface area contributed by atoms with Crippen molar-refractivity contribution in [1.29, 1.82) is 0 Å². The Labute approximate surface area is 119 Å². The van der Waals surface area contributed by atoms with E-state index >= 15 is 0 Å². The van der Waals surface area contributed by atoms with E-state index in [2.05, 4.69) is 15.0 Å². The maximum atomic E-state index is 5.71.